The molecule has 0 spiro atoms. The molecule has 0 aliphatic rings. The van der Waals surface area contributed by atoms with Gasteiger partial charge in [0.1, 0.15) is 5.41 Å². The number of benzene rings is 1. The van der Waals surface area contributed by atoms with Crippen LogP contribution in [0.3, 0.4) is 0 Å². The van der Waals surface area contributed by atoms with E-state index in [0.29, 0.717) is 0 Å². The number of rotatable bonds is 4. The van der Waals surface area contributed by atoms with E-state index in [4.69, 9.17) is 0 Å². The largest absolute Gasteiger partial charge is 0.480 e. The molecule has 5 heteroatoms. The number of carboxylic acids is 1. The molecule has 0 saturated carbocycles. The minimum Gasteiger partial charge on any atom is -0.480 e. The molecule has 1 atom stereocenters. The van der Waals surface area contributed by atoms with Crippen molar-refractivity contribution in [3.05, 3.63) is 35.2 Å². The van der Waals surface area contributed by atoms with Crippen LogP contribution in [0.15, 0.2) is 29.6 Å². The zero-order chi connectivity index (χ0) is 14.0. The zero-order valence-corrected chi connectivity index (χ0v) is 11.6. The summed E-state index contributed by atoms with van der Waals surface area (Å²) in [7, 11) is 1.45. The summed E-state index contributed by atoms with van der Waals surface area (Å²) >= 11 is 1.56. The number of hydrogen-bond donors (Lipinski definition) is 2. The van der Waals surface area contributed by atoms with E-state index < -0.39 is 17.3 Å². The highest BCUT2D eigenvalue weighted by atomic mass is 32.1. The summed E-state index contributed by atoms with van der Waals surface area (Å²) in [5.74, 6) is -1.59. The summed E-state index contributed by atoms with van der Waals surface area (Å²) in [5, 5.41) is 14.7. The Kier molecular flexibility index (Phi) is 3.57. The molecular weight excluding hydrogens is 262 g/mol. The number of carbonyl (C=O) groups is 2. The van der Waals surface area contributed by atoms with E-state index in [1.54, 1.807) is 11.3 Å². The molecule has 0 fully saturated rings. The summed E-state index contributed by atoms with van der Waals surface area (Å²) in [6, 6.07) is 7.79. The van der Waals surface area contributed by atoms with Gasteiger partial charge in [0, 0.05) is 11.7 Å². The molecule has 0 bridgehead atoms. The molecule has 2 rings (SSSR count). The third-order valence-corrected chi connectivity index (χ3v) is 4.32. The molecule has 1 unspecified atom stereocenters. The highest BCUT2D eigenvalue weighted by Gasteiger charge is 2.41. The average Bonchev–Trinajstić information content (AvgIpc) is 2.81. The maximum absolute atomic E-state index is 11.8. The van der Waals surface area contributed by atoms with Gasteiger partial charge >= 0.3 is 5.97 Å². The number of amides is 1. The van der Waals surface area contributed by atoms with E-state index >= 15 is 0 Å². The van der Waals surface area contributed by atoms with Crippen molar-refractivity contribution in [2.24, 2.45) is 5.41 Å². The Morgan fingerprint density at radius 1 is 1.37 bits per heavy atom. The van der Waals surface area contributed by atoms with E-state index in [2.05, 4.69) is 5.32 Å². The minimum absolute atomic E-state index is 0.187. The van der Waals surface area contributed by atoms with Crippen LogP contribution >= 0.6 is 11.3 Å². The van der Waals surface area contributed by atoms with Gasteiger partial charge < -0.3 is 10.4 Å². The number of hydrogen-bond acceptors (Lipinski definition) is 3. The van der Waals surface area contributed by atoms with E-state index in [1.807, 2.05) is 29.6 Å². The highest BCUT2D eigenvalue weighted by Crippen LogP contribution is 2.32. The molecule has 2 aromatic rings. The second kappa shape index (κ2) is 5.01. The van der Waals surface area contributed by atoms with Gasteiger partial charge in [0.05, 0.1) is 0 Å². The lowest BCUT2D eigenvalue weighted by molar-refractivity contribution is -0.154. The Balaban J connectivity index is 2.42. The van der Waals surface area contributed by atoms with Crippen molar-refractivity contribution in [3.8, 4) is 0 Å². The first-order valence-corrected chi connectivity index (χ1v) is 6.77. The smallest absolute Gasteiger partial charge is 0.319 e. The SMILES string of the molecule is CNC(=O)C(C)(Cc1csc2ccccc12)C(=O)O. The number of nitrogens with one attached hydrogen (secondary N) is 1. The normalized spacial score (nSPS) is 14.0. The van der Waals surface area contributed by atoms with Gasteiger partial charge in [-0.25, -0.2) is 0 Å². The van der Waals surface area contributed by atoms with Crippen molar-refractivity contribution >= 4 is 33.3 Å². The van der Waals surface area contributed by atoms with Crippen LogP contribution in [0.25, 0.3) is 10.1 Å². The van der Waals surface area contributed by atoms with Gasteiger partial charge in [0.15, 0.2) is 0 Å². The van der Waals surface area contributed by atoms with E-state index in [1.165, 1.54) is 14.0 Å². The van der Waals surface area contributed by atoms with Gasteiger partial charge in [-0.05, 0) is 35.7 Å². The molecule has 19 heavy (non-hydrogen) atoms. The Morgan fingerprint density at radius 3 is 2.68 bits per heavy atom. The molecule has 1 amide bonds. The maximum Gasteiger partial charge on any atom is 0.319 e. The zero-order valence-electron chi connectivity index (χ0n) is 10.8. The number of fused-ring (bicyclic) bond motifs is 1. The van der Waals surface area contributed by atoms with Gasteiger partial charge in [-0.2, -0.15) is 0 Å². The standard InChI is InChI=1S/C14H15NO3S/c1-14(13(17)18,12(16)15-2)7-9-8-19-11-6-4-3-5-10(9)11/h3-6,8H,7H2,1-2H3,(H,15,16)(H,17,18). The van der Waals surface area contributed by atoms with Gasteiger partial charge in [0.2, 0.25) is 5.91 Å². The average molecular weight is 277 g/mol. The van der Waals surface area contributed by atoms with Gasteiger partial charge in [0.25, 0.3) is 0 Å². The predicted octanol–water partition coefficient (Wildman–Crippen LogP) is 2.28. The lowest BCUT2D eigenvalue weighted by Gasteiger charge is -2.22. The van der Waals surface area contributed by atoms with E-state index in [0.717, 1.165) is 15.6 Å². The van der Waals surface area contributed by atoms with Crippen molar-refractivity contribution in [1.82, 2.24) is 5.32 Å². The van der Waals surface area contributed by atoms with Crippen molar-refractivity contribution in [2.45, 2.75) is 13.3 Å². The van der Waals surface area contributed by atoms with Crippen LogP contribution in [-0.4, -0.2) is 24.0 Å². The Hall–Kier alpha value is -1.88. The molecule has 1 heterocycles. The number of carboxylic acid groups (broad SMARTS) is 1. The first-order valence-electron chi connectivity index (χ1n) is 5.89. The Labute approximate surface area is 115 Å². The number of carbonyl (C=O) groups excluding carboxylic acids is 1. The van der Waals surface area contributed by atoms with Crippen LogP contribution in [0.1, 0.15) is 12.5 Å². The van der Waals surface area contributed by atoms with Crippen molar-refractivity contribution in [3.63, 3.8) is 0 Å². The molecule has 100 valence electrons. The summed E-state index contributed by atoms with van der Waals surface area (Å²) in [6.07, 6.45) is 0.187. The fourth-order valence-corrected chi connectivity index (χ4v) is 3.04. The Bertz CT molecular complexity index is 634. The van der Waals surface area contributed by atoms with Crippen LogP contribution in [-0.2, 0) is 16.0 Å². The topological polar surface area (TPSA) is 66.4 Å². The third kappa shape index (κ3) is 2.33. The molecule has 2 N–H and O–H groups in total. The van der Waals surface area contributed by atoms with E-state index in [-0.39, 0.29) is 6.42 Å². The van der Waals surface area contributed by atoms with Gasteiger partial charge in [-0.1, -0.05) is 18.2 Å². The summed E-state index contributed by atoms with van der Waals surface area (Å²) in [4.78, 5) is 23.3. The van der Waals surface area contributed by atoms with Gasteiger partial charge in [-0.3, -0.25) is 9.59 Å². The molecule has 4 nitrogen and oxygen atoms in total. The second-order valence-electron chi connectivity index (χ2n) is 4.65. The van der Waals surface area contributed by atoms with Crippen molar-refractivity contribution in [2.75, 3.05) is 7.05 Å². The highest BCUT2D eigenvalue weighted by molar-refractivity contribution is 7.17. The third-order valence-electron chi connectivity index (χ3n) is 3.31. The van der Waals surface area contributed by atoms with Gasteiger partial charge in [-0.15, -0.1) is 11.3 Å². The molecule has 0 aliphatic heterocycles. The van der Waals surface area contributed by atoms with Crippen LogP contribution in [0.5, 0.6) is 0 Å². The summed E-state index contributed by atoms with van der Waals surface area (Å²) < 4.78 is 1.10. The number of aliphatic carboxylic acids is 1. The van der Waals surface area contributed by atoms with Crippen LogP contribution < -0.4 is 5.32 Å². The molecule has 1 aromatic carbocycles. The van der Waals surface area contributed by atoms with E-state index in [9.17, 15) is 14.7 Å². The minimum atomic E-state index is -1.45. The lowest BCUT2D eigenvalue weighted by atomic mass is 9.82. The van der Waals surface area contributed by atoms with Crippen molar-refractivity contribution < 1.29 is 14.7 Å². The molecular formula is C14H15NO3S. The maximum atomic E-state index is 11.8. The summed E-state index contributed by atoms with van der Waals surface area (Å²) in [5.41, 5.74) is -0.549. The fourth-order valence-electron chi connectivity index (χ4n) is 2.08. The quantitative estimate of drug-likeness (QED) is 0.843. The number of thiophene rings is 1. The molecule has 1 aromatic heterocycles. The summed E-state index contributed by atoms with van der Waals surface area (Å²) in [6.45, 7) is 1.46. The monoisotopic (exact) mass is 277 g/mol. The lowest BCUT2D eigenvalue weighted by Crippen LogP contribution is -2.44. The molecule has 0 saturated heterocycles. The molecule has 0 aliphatic carbocycles. The predicted molar refractivity (Wildman–Crippen MR) is 75.3 cm³/mol. The van der Waals surface area contributed by atoms with Crippen LogP contribution in [0.2, 0.25) is 0 Å². The second-order valence-corrected chi connectivity index (χ2v) is 5.56. The Morgan fingerprint density at radius 2 is 2.05 bits per heavy atom. The first-order chi connectivity index (χ1) is 8.99. The van der Waals surface area contributed by atoms with Crippen LogP contribution in [0, 0.1) is 5.41 Å². The van der Waals surface area contributed by atoms with Crippen molar-refractivity contribution in [1.29, 1.82) is 0 Å². The first kappa shape index (κ1) is 13.5. The fraction of sp³-hybridized carbons (Fsp3) is 0.286. The molecule has 0 radical (unpaired) electrons. The van der Waals surface area contributed by atoms with Crippen LogP contribution in [0.4, 0.5) is 0 Å².